The maximum Gasteiger partial charge on any atom is 0.141 e. The Morgan fingerprint density at radius 3 is 2.24 bits per heavy atom. The number of ether oxygens (including phenoxy) is 2. The normalized spacial score (nSPS) is 11.0. The fraction of sp³-hybridized carbons (Fsp3) is 0.636. The average Bonchev–Trinajstić information content (AvgIpc) is 2.35. The molecule has 0 unspecified atom stereocenters. The number of methoxy groups -OCH3 is 2. The van der Waals surface area contributed by atoms with Crippen molar-refractivity contribution in [1.82, 2.24) is 14.9 Å². The van der Waals surface area contributed by atoms with Crippen LogP contribution in [-0.4, -0.2) is 55.4 Å². The first-order valence-corrected chi connectivity index (χ1v) is 5.53. The second-order valence-corrected chi connectivity index (χ2v) is 3.69. The molecule has 0 bridgehead atoms. The zero-order valence-electron chi connectivity index (χ0n) is 10.4. The van der Waals surface area contributed by atoms with Gasteiger partial charge in [0.05, 0.1) is 31.3 Å². The van der Waals surface area contributed by atoms with E-state index in [9.17, 15) is 0 Å². The van der Waals surface area contributed by atoms with Crippen LogP contribution in [0.5, 0.6) is 0 Å². The van der Waals surface area contributed by atoms with Gasteiger partial charge in [0, 0.05) is 33.9 Å². The number of anilines is 1. The number of hydrogen-bond donors (Lipinski definition) is 1. The molecule has 1 rings (SSSR count). The van der Waals surface area contributed by atoms with Gasteiger partial charge in [0.25, 0.3) is 0 Å². The van der Waals surface area contributed by atoms with Crippen LogP contribution in [0.1, 0.15) is 5.69 Å². The van der Waals surface area contributed by atoms with E-state index in [4.69, 9.17) is 15.2 Å². The van der Waals surface area contributed by atoms with Crippen molar-refractivity contribution in [3.8, 4) is 0 Å². The van der Waals surface area contributed by atoms with Crippen molar-refractivity contribution in [3.05, 3.63) is 18.1 Å². The van der Waals surface area contributed by atoms with Gasteiger partial charge in [-0.3, -0.25) is 9.88 Å². The van der Waals surface area contributed by atoms with Crippen LogP contribution < -0.4 is 5.73 Å². The molecule has 1 aromatic heterocycles. The summed E-state index contributed by atoms with van der Waals surface area (Å²) in [6.45, 7) is 3.77. The number of nitrogens with two attached hydrogens (primary N) is 1. The molecule has 0 aliphatic heterocycles. The predicted molar refractivity (Wildman–Crippen MR) is 65.5 cm³/mol. The van der Waals surface area contributed by atoms with E-state index in [0.29, 0.717) is 19.0 Å². The van der Waals surface area contributed by atoms with Gasteiger partial charge in [-0.1, -0.05) is 0 Å². The van der Waals surface area contributed by atoms with Crippen LogP contribution in [0.4, 0.5) is 5.82 Å². The summed E-state index contributed by atoms with van der Waals surface area (Å²) < 4.78 is 10.1. The Hall–Kier alpha value is -1.24. The molecule has 0 spiro atoms. The van der Waals surface area contributed by atoms with Crippen LogP contribution in [0.15, 0.2) is 12.4 Å². The Kier molecular flexibility index (Phi) is 6.46. The van der Waals surface area contributed by atoms with E-state index in [0.717, 1.165) is 25.3 Å². The molecule has 0 amide bonds. The van der Waals surface area contributed by atoms with E-state index in [2.05, 4.69) is 14.9 Å². The maximum absolute atomic E-state index is 5.49. The van der Waals surface area contributed by atoms with Gasteiger partial charge < -0.3 is 15.2 Å². The third-order valence-corrected chi connectivity index (χ3v) is 2.33. The number of nitrogens with zero attached hydrogens (tertiary/aromatic N) is 3. The lowest BCUT2D eigenvalue weighted by Crippen LogP contribution is -2.30. The molecule has 0 fully saturated rings. The molecule has 0 aromatic carbocycles. The number of hydrogen-bond acceptors (Lipinski definition) is 6. The molecule has 2 N–H and O–H groups in total. The molecule has 17 heavy (non-hydrogen) atoms. The fourth-order valence-electron chi connectivity index (χ4n) is 1.39. The quantitative estimate of drug-likeness (QED) is 0.697. The minimum absolute atomic E-state index is 0.439. The lowest BCUT2D eigenvalue weighted by molar-refractivity contribution is 0.109. The van der Waals surface area contributed by atoms with Crippen molar-refractivity contribution >= 4 is 5.82 Å². The monoisotopic (exact) mass is 240 g/mol. The van der Waals surface area contributed by atoms with Gasteiger partial charge in [-0.25, -0.2) is 4.98 Å². The number of rotatable bonds is 8. The lowest BCUT2D eigenvalue weighted by atomic mass is 10.3. The first kappa shape index (κ1) is 13.8. The Morgan fingerprint density at radius 2 is 1.76 bits per heavy atom. The number of aromatic nitrogens is 2. The predicted octanol–water partition coefficient (Wildman–Crippen LogP) is 0.154. The second kappa shape index (κ2) is 7.94. The van der Waals surface area contributed by atoms with Crippen LogP contribution in [0, 0.1) is 0 Å². The van der Waals surface area contributed by atoms with E-state index in [-0.39, 0.29) is 0 Å². The molecule has 1 heterocycles. The summed E-state index contributed by atoms with van der Waals surface area (Å²) in [5, 5.41) is 0. The highest BCUT2D eigenvalue weighted by Gasteiger charge is 2.06. The summed E-state index contributed by atoms with van der Waals surface area (Å²) >= 11 is 0. The smallest absolute Gasteiger partial charge is 0.141 e. The van der Waals surface area contributed by atoms with Crippen LogP contribution >= 0.6 is 0 Å². The number of nitrogen functional groups attached to an aromatic ring is 1. The molecule has 0 atom stereocenters. The minimum Gasteiger partial charge on any atom is -0.383 e. The molecule has 0 radical (unpaired) electrons. The topological polar surface area (TPSA) is 73.5 Å². The summed E-state index contributed by atoms with van der Waals surface area (Å²) in [5.41, 5.74) is 6.39. The largest absolute Gasteiger partial charge is 0.383 e. The zero-order valence-corrected chi connectivity index (χ0v) is 10.4. The second-order valence-electron chi connectivity index (χ2n) is 3.69. The highest BCUT2D eigenvalue weighted by atomic mass is 16.5. The van der Waals surface area contributed by atoms with Crippen LogP contribution in [0.3, 0.4) is 0 Å². The molecule has 6 nitrogen and oxygen atoms in total. The van der Waals surface area contributed by atoms with Gasteiger partial charge in [0.15, 0.2) is 0 Å². The van der Waals surface area contributed by atoms with Crippen LogP contribution in [0.2, 0.25) is 0 Å². The summed E-state index contributed by atoms with van der Waals surface area (Å²) in [5.74, 6) is 0.439. The average molecular weight is 240 g/mol. The standard InChI is InChI=1S/C11H20N4O2/c1-16-5-3-15(4-6-17-2)9-10-7-14-11(12)8-13-10/h7-8H,3-6,9H2,1-2H3,(H2,12,14). The van der Waals surface area contributed by atoms with Crippen molar-refractivity contribution in [3.63, 3.8) is 0 Å². The van der Waals surface area contributed by atoms with E-state index < -0.39 is 0 Å². The van der Waals surface area contributed by atoms with Crippen molar-refractivity contribution in [2.24, 2.45) is 0 Å². The molecule has 6 heteroatoms. The van der Waals surface area contributed by atoms with Crippen molar-refractivity contribution in [1.29, 1.82) is 0 Å². The van der Waals surface area contributed by atoms with Crippen molar-refractivity contribution in [2.75, 3.05) is 46.3 Å². The van der Waals surface area contributed by atoms with Gasteiger partial charge >= 0.3 is 0 Å². The van der Waals surface area contributed by atoms with E-state index >= 15 is 0 Å². The van der Waals surface area contributed by atoms with Crippen LogP contribution in [-0.2, 0) is 16.0 Å². The van der Waals surface area contributed by atoms with Gasteiger partial charge in [0.2, 0.25) is 0 Å². The van der Waals surface area contributed by atoms with E-state index in [1.807, 2.05) is 0 Å². The molecule has 0 aliphatic rings. The van der Waals surface area contributed by atoms with Crippen LogP contribution in [0.25, 0.3) is 0 Å². The molecule has 0 saturated carbocycles. The molecular weight excluding hydrogens is 220 g/mol. The van der Waals surface area contributed by atoms with E-state index in [1.165, 1.54) is 0 Å². The van der Waals surface area contributed by atoms with E-state index in [1.54, 1.807) is 26.6 Å². The minimum atomic E-state index is 0.439. The highest BCUT2D eigenvalue weighted by molar-refractivity contribution is 5.22. The fourth-order valence-corrected chi connectivity index (χ4v) is 1.39. The third-order valence-electron chi connectivity index (χ3n) is 2.33. The zero-order chi connectivity index (χ0) is 12.5. The Morgan fingerprint density at radius 1 is 1.12 bits per heavy atom. The molecule has 1 aromatic rings. The van der Waals surface area contributed by atoms with Gasteiger partial charge in [-0.15, -0.1) is 0 Å². The summed E-state index contributed by atoms with van der Waals surface area (Å²) in [4.78, 5) is 10.4. The molecule has 0 saturated heterocycles. The third kappa shape index (κ3) is 5.58. The van der Waals surface area contributed by atoms with Gasteiger partial charge in [-0.2, -0.15) is 0 Å². The van der Waals surface area contributed by atoms with Gasteiger partial charge in [-0.05, 0) is 0 Å². The summed E-state index contributed by atoms with van der Waals surface area (Å²) in [6, 6.07) is 0. The Labute approximate surface area is 102 Å². The first-order valence-electron chi connectivity index (χ1n) is 5.53. The summed E-state index contributed by atoms with van der Waals surface area (Å²) in [7, 11) is 3.38. The Bertz CT molecular complexity index is 297. The molecular formula is C11H20N4O2. The molecule has 0 aliphatic carbocycles. The van der Waals surface area contributed by atoms with Gasteiger partial charge in [0.1, 0.15) is 5.82 Å². The Balaban J connectivity index is 2.48. The lowest BCUT2D eigenvalue weighted by Gasteiger charge is -2.20. The first-order chi connectivity index (χ1) is 8.26. The maximum atomic E-state index is 5.49. The highest BCUT2D eigenvalue weighted by Crippen LogP contribution is 2.01. The summed E-state index contributed by atoms with van der Waals surface area (Å²) in [6.07, 6.45) is 3.27. The molecule has 96 valence electrons. The van der Waals surface area contributed by atoms with Crippen molar-refractivity contribution in [2.45, 2.75) is 6.54 Å². The SMILES string of the molecule is COCCN(CCOC)Cc1cnc(N)cn1. The van der Waals surface area contributed by atoms with Crippen molar-refractivity contribution < 1.29 is 9.47 Å².